The third-order valence-electron chi connectivity index (χ3n) is 14.6. The molecule has 7 aromatic heterocycles. The fraction of sp³-hybridized carbons (Fsp3) is 0.125. The Labute approximate surface area is 588 Å². The molecular weight excluding hydrogens is 1410 g/mol. The molecule has 106 heavy (non-hydrogen) atoms. The van der Waals surface area contributed by atoms with Crippen LogP contribution in [0, 0.1) is 13.8 Å². The standard InChI is InChI=1S/C12H12O6.2C11H10O5.C10H8O6.C10H8O5.C9H6O4.C9H6O3/c1-16-5-9-12(17-2)11(15)10-7(14)3-6(13)4-8(10)18-9;1-15-5-7-4-9(14)11-8(13)2-6(12)3-10(11)16-7;1-5-11(15-2)10(14)9-7(13)3-6(12)4-8(9)16-5;11-3-7-9(14)10(15)8-5(13)1-4(12)2-6(8)16-7;1-4-9(13)10(14)8-6(12)2-5(11)3-7(8)15-4;10-6-3-4-13-9-5(6)1-2-7(11)8(9)12;10-6-1-2-7-8(11)3-4-12-9(7)5-6/h3-4,13-14H,5H2,1-2H3;2-4,12-13H,5H2,1H3;3-4,12-13H,1-2H3;1-2,11-14H,3H2;2-3,11-13H,1H3;1-4,11-12H;1-5,10H. The van der Waals surface area contributed by atoms with E-state index in [1.165, 1.54) is 121 Å². The predicted molar refractivity (Wildman–Crippen MR) is 372 cm³/mol. The SMILES string of the molecule is COCc1cc(=O)c2c(O)cc(O)cc2o1.COCc1oc2cc(O)cc(O)c2c(=O)c1OC.COc1c(C)oc2cc(O)cc(O)c2c1=O.Cc1oc2cc(O)cc(O)c2c(=O)c1O.O=c1c(O)c(CO)oc2cc(O)cc(O)c12.O=c1ccoc2c(O)c(O)ccc12.O=c1ccoc2cc(O)ccc12. The van der Waals surface area contributed by atoms with E-state index in [1.54, 1.807) is 6.92 Å². The highest BCUT2D eigenvalue weighted by Gasteiger charge is 2.22. The van der Waals surface area contributed by atoms with Gasteiger partial charge in [-0.25, -0.2) is 0 Å². The van der Waals surface area contributed by atoms with Crippen LogP contribution in [0.4, 0.5) is 0 Å². The van der Waals surface area contributed by atoms with Crippen molar-refractivity contribution < 1.29 is 132 Å². The first-order valence-corrected chi connectivity index (χ1v) is 29.9. The summed E-state index contributed by atoms with van der Waals surface area (Å²) >= 11 is 0. The van der Waals surface area contributed by atoms with E-state index >= 15 is 0 Å². The van der Waals surface area contributed by atoms with E-state index in [0.29, 0.717) is 22.5 Å². The van der Waals surface area contributed by atoms with Gasteiger partial charge in [-0.15, -0.1) is 0 Å². The topological polar surface area (TPSA) is 572 Å². The van der Waals surface area contributed by atoms with Gasteiger partial charge in [-0.3, -0.25) is 33.6 Å². The highest BCUT2D eigenvalue weighted by atomic mass is 16.5. The van der Waals surface area contributed by atoms with E-state index < -0.39 is 57.1 Å². The van der Waals surface area contributed by atoms with Gasteiger partial charge in [0, 0.05) is 99.1 Å². The van der Waals surface area contributed by atoms with Gasteiger partial charge in [0.1, 0.15) is 161 Å². The Morgan fingerprint density at radius 1 is 0.330 bits per heavy atom. The number of hydrogen-bond acceptors (Lipinski definition) is 34. The first-order valence-electron chi connectivity index (χ1n) is 29.9. The zero-order chi connectivity index (χ0) is 77.9. The van der Waals surface area contributed by atoms with E-state index in [0.717, 1.165) is 36.4 Å². The lowest BCUT2D eigenvalue weighted by molar-refractivity contribution is 0.159. The van der Waals surface area contributed by atoms with E-state index in [-0.39, 0.29) is 182 Å². The van der Waals surface area contributed by atoms with Crippen LogP contribution in [-0.2, 0) is 29.3 Å². The van der Waals surface area contributed by atoms with Gasteiger partial charge in [0.25, 0.3) is 0 Å². The number of aryl methyl sites for hydroxylation is 2. The summed E-state index contributed by atoms with van der Waals surface area (Å²) in [6.45, 7) is 2.53. The van der Waals surface area contributed by atoms with Gasteiger partial charge in [-0.1, -0.05) is 0 Å². The maximum absolute atomic E-state index is 12.1. The molecule has 0 fully saturated rings. The van der Waals surface area contributed by atoms with Gasteiger partial charge < -0.3 is 132 Å². The van der Waals surface area contributed by atoms with Crippen molar-refractivity contribution in [3.63, 3.8) is 0 Å². The monoisotopic (exact) mass is 1470 g/mol. The minimum Gasteiger partial charge on any atom is -0.508 e. The van der Waals surface area contributed by atoms with Crippen molar-refractivity contribution in [2.75, 3.05) is 28.4 Å². The number of benzene rings is 7. The lowest BCUT2D eigenvalue weighted by Gasteiger charge is -2.09. The molecule has 0 aliphatic carbocycles. The molecule has 0 unspecified atom stereocenters. The lowest BCUT2D eigenvalue weighted by Crippen LogP contribution is -2.09. The number of methoxy groups -OCH3 is 4. The molecule has 0 amide bonds. The molecule has 34 heteroatoms. The largest absolute Gasteiger partial charge is 0.508 e. The molecule has 552 valence electrons. The molecule has 0 radical (unpaired) electrons. The van der Waals surface area contributed by atoms with Crippen molar-refractivity contribution in [1.29, 1.82) is 0 Å². The molecule has 14 rings (SSSR count). The first-order chi connectivity index (χ1) is 50.2. The summed E-state index contributed by atoms with van der Waals surface area (Å²) < 4.78 is 55.5. The molecular formula is C72H60O34. The Hall–Kier alpha value is -14.5. The molecule has 0 saturated carbocycles. The van der Waals surface area contributed by atoms with Gasteiger partial charge in [0.05, 0.1) is 37.5 Å². The quantitative estimate of drug-likeness (QED) is 0.0664. The average Bonchev–Trinajstić information content (AvgIpc) is 0.895. The summed E-state index contributed by atoms with van der Waals surface area (Å²) in [4.78, 5) is 81.1. The number of phenols is 13. The maximum atomic E-state index is 12.1. The Kier molecular flexibility index (Phi) is 23.9. The molecule has 0 aliphatic rings. The molecule has 0 bridgehead atoms. The number of ether oxygens (including phenoxy) is 4. The second kappa shape index (κ2) is 32.9. The second-order valence-electron chi connectivity index (χ2n) is 21.8. The third kappa shape index (κ3) is 16.9. The summed E-state index contributed by atoms with van der Waals surface area (Å²) in [5.41, 5.74) is -2.59. The number of rotatable bonds is 7. The van der Waals surface area contributed by atoms with Gasteiger partial charge in [0.15, 0.2) is 39.1 Å². The number of aromatic hydroxyl groups is 15. The van der Waals surface area contributed by atoms with Crippen LogP contribution in [0.5, 0.6) is 97.7 Å². The number of aliphatic hydroxyl groups excluding tert-OH is 1. The Morgan fingerprint density at radius 2 is 0.736 bits per heavy atom. The average molecular weight is 1470 g/mol. The molecule has 0 atom stereocenters. The van der Waals surface area contributed by atoms with E-state index in [4.69, 9.17) is 65.2 Å². The number of phenolic OH excluding ortho intramolecular Hbond substituents is 13. The van der Waals surface area contributed by atoms with E-state index in [1.807, 2.05) is 0 Å². The minimum absolute atomic E-state index is 0.000231. The fourth-order valence-electron chi connectivity index (χ4n) is 9.90. The molecule has 7 heterocycles. The van der Waals surface area contributed by atoms with Crippen LogP contribution in [0.3, 0.4) is 0 Å². The zero-order valence-electron chi connectivity index (χ0n) is 55.7. The summed E-state index contributed by atoms with van der Waals surface area (Å²) in [5.74, 6) is -4.27. The Bertz CT molecular complexity index is 6110. The Balaban J connectivity index is 0.000000157. The molecule has 16 N–H and O–H groups in total. The van der Waals surface area contributed by atoms with Crippen LogP contribution in [0.1, 0.15) is 28.8 Å². The highest BCUT2D eigenvalue weighted by molar-refractivity contribution is 5.90. The summed E-state index contributed by atoms with van der Waals surface area (Å²) in [5, 5.41) is 149. The molecule has 0 saturated heterocycles. The highest BCUT2D eigenvalue weighted by Crippen LogP contribution is 2.36. The fourth-order valence-corrected chi connectivity index (χ4v) is 9.90. The van der Waals surface area contributed by atoms with Crippen LogP contribution < -0.4 is 47.5 Å². The van der Waals surface area contributed by atoms with Gasteiger partial charge in [-0.05, 0) is 38.1 Å². The molecule has 7 aromatic carbocycles. The van der Waals surface area contributed by atoms with Crippen molar-refractivity contribution in [2.24, 2.45) is 0 Å². The predicted octanol–water partition coefficient (Wildman–Crippen LogP) is 8.55. The maximum Gasteiger partial charge on any atom is 0.238 e. The van der Waals surface area contributed by atoms with Gasteiger partial charge in [-0.2, -0.15) is 0 Å². The summed E-state index contributed by atoms with van der Waals surface area (Å²) in [7, 11) is 5.60. The molecule has 0 aliphatic heterocycles. The number of fused-ring (bicyclic) bond motifs is 7. The zero-order valence-corrected chi connectivity index (χ0v) is 55.7. The molecule has 0 spiro atoms. The first kappa shape index (κ1) is 77.2. The van der Waals surface area contributed by atoms with Crippen LogP contribution in [0.15, 0.2) is 186 Å². The summed E-state index contributed by atoms with van der Waals surface area (Å²) in [6.07, 6.45) is 2.48. The normalized spacial score (nSPS) is 10.7. The molecule has 14 aromatic rings. The van der Waals surface area contributed by atoms with Crippen molar-refractivity contribution >= 4 is 76.8 Å². The van der Waals surface area contributed by atoms with Gasteiger partial charge in [0.2, 0.25) is 50.5 Å². The van der Waals surface area contributed by atoms with Crippen molar-refractivity contribution in [3.05, 3.63) is 222 Å². The van der Waals surface area contributed by atoms with E-state index in [2.05, 4.69) is 0 Å². The van der Waals surface area contributed by atoms with Crippen molar-refractivity contribution in [1.82, 2.24) is 0 Å². The van der Waals surface area contributed by atoms with Crippen LogP contribution >= 0.6 is 0 Å². The van der Waals surface area contributed by atoms with Crippen LogP contribution in [0.25, 0.3) is 76.8 Å². The van der Waals surface area contributed by atoms with Crippen molar-refractivity contribution in [3.8, 4) is 97.7 Å². The van der Waals surface area contributed by atoms with Crippen molar-refractivity contribution in [2.45, 2.75) is 33.7 Å². The third-order valence-corrected chi connectivity index (χ3v) is 14.6. The molecule has 34 nitrogen and oxygen atoms in total. The Morgan fingerprint density at radius 3 is 1.23 bits per heavy atom. The summed E-state index contributed by atoms with van der Waals surface area (Å²) in [6, 6.07) is 22.2. The second-order valence-corrected chi connectivity index (χ2v) is 21.8. The van der Waals surface area contributed by atoms with Crippen LogP contribution in [-0.4, -0.2) is 110 Å². The minimum atomic E-state index is -0.859. The smallest absolute Gasteiger partial charge is 0.238 e. The number of aliphatic hydroxyl groups is 1. The van der Waals surface area contributed by atoms with E-state index in [9.17, 15) is 99.9 Å². The van der Waals surface area contributed by atoms with Crippen LogP contribution in [0.2, 0.25) is 0 Å². The lowest BCUT2D eigenvalue weighted by atomic mass is 10.2. The van der Waals surface area contributed by atoms with Gasteiger partial charge >= 0.3 is 0 Å². The number of hydrogen-bond donors (Lipinski definition) is 16.